The van der Waals surface area contributed by atoms with E-state index in [-0.39, 0.29) is 11.6 Å². The van der Waals surface area contributed by atoms with Crippen molar-refractivity contribution >= 4 is 46.9 Å². The van der Waals surface area contributed by atoms with Gasteiger partial charge < -0.3 is 29.8 Å². The van der Waals surface area contributed by atoms with E-state index in [1.54, 1.807) is 60.7 Å². The van der Waals surface area contributed by atoms with Gasteiger partial charge in [-0.05, 0) is 67.6 Å². The molecule has 9 nitrogen and oxygen atoms in total. The van der Waals surface area contributed by atoms with Gasteiger partial charge in [0.25, 0.3) is 11.8 Å². The lowest BCUT2D eigenvalue weighted by molar-refractivity contribution is -0.115. The van der Waals surface area contributed by atoms with Gasteiger partial charge in [-0.25, -0.2) is 0 Å². The molecule has 3 amide bonds. The van der Waals surface area contributed by atoms with E-state index in [1.165, 1.54) is 17.8 Å². The van der Waals surface area contributed by atoms with Crippen molar-refractivity contribution in [3.05, 3.63) is 132 Å². The summed E-state index contributed by atoms with van der Waals surface area (Å²) < 4.78 is 17.1. The number of ether oxygens (including phenoxy) is 2. The van der Waals surface area contributed by atoms with Crippen LogP contribution in [-0.4, -0.2) is 36.2 Å². The fourth-order valence-corrected chi connectivity index (χ4v) is 5.58. The standard InChI is InChI=1S/C37H31N3O6S/c1-24(35(41)39-28-14-18-33-34(22-28)45-21-20-44-33)47-30-16-12-27(13-17-30)38-37(43)31(40-36(42)26-10-6-3-7-11-26)23-29-15-19-32(46-29)25-8-4-2-5-9-25/h2-19,22-24H,20-21H2,1H3,(H,38,43)(H,39,41)(H,40,42). The normalized spacial score (nSPS) is 12.9. The van der Waals surface area contributed by atoms with Crippen LogP contribution in [0.5, 0.6) is 11.5 Å². The van der Waals surface area contributed by atoms with E-state index in [1.807, 2.05) is 61.5 Å². The number of hydrogen-bond donors (Lipinski definition) is 3. The number of hydrogen-bond acceptors (Lipinski definition) is 7. The van der Waals surface area contributed by atoms with Crippen molar-refractivity contribution < 1.29 is 28.3 Å². The molecule has 1 aliphatic rings. The van der Waals surface area contributed by atoms with Crippen molar-refractivity contribution in [2.24, 2.45) is 0 Å². The SMILES string of the molecule is CC(Sc1ccc(NC(=O)C(=Cc2ccc(-c3ccccc3)o2)NC(=O)c2ccccc2)cc1)C(=O)Nc1ccc2c(c1)OCCO2. The van der Waals surface area contributed by atoms with Gasteiger partial charge in [0.15, 0.2) is 11.5 Å². The van der Waals surface area contributed by atoms with Crippen molar-refractivity contribution in [2.45, 2.75) is 17.1 Å². The van der Waals surface area contributed by atoms with Crippen LogP contribution >= 0.6 is 11.8 Å². The third-order valence-electron chi connectivity index (χ3n) is 7.10. The third kappa shape index (κ3) is 8.11. The zero-order valence-electron chi connectivity index (χ0n) is 25.4. The molecule has 0 aliphatic carbocycles. The molecule has 2 heterocycles. The molecule has 0 bridgehead atoms. The van der Waals surface area contributed by atoms with E-state index in [2.05, 4.69) is 16.0 Å². The summed E-state index contributed by atoms with van der Waals surface area (Å²) in [6, 6.07) is 34.2. The Labute approximate surface area is 276 Å². The van der Waals surface area contributed by atoms with Crippen molar-refractivity contribution in [1.82, 2.24) is 5.32 Å². The third-order valence-corrected chi connectivity index (χ3v) is 8.22. The minimum Gasteiger partial charge on any atom is -0.486 e. The maximum absolute atomic E-state index is 13.5. The Kier molecular flexibility index (Phi) is 9.69. The fraction of sp³-hybridized carbons (Fsp3) is 0.108. The van der Waals surface area contributed by atoms with E-state index in [4.69, 9.17) is 13.9 Å². The van der Waals surface area contributed by atoms with Crippen LogP contribution in [0.3, 0.4) is 0 Å². The van der Waals surface area contributed by atoms with Crippen molar-refractivity contribution in [2.75, 3.05) is 23.8 Å². The summed E-state index contributed by atoms with van der Waals surface area (Å²) in [5.41, 5.74) is 2.44. The molecule has 1 atom stereocenters. The summed E-state index contributed by atoms with van der Waals surface area (Å²) in [7, 11) is 0. The molecule has 0 fully saturated rings. The highest BCUT2D eigenvalue weighted by Crippen LogP contribution is 2.33. The molecule has 3 N–H and O–H groups in total. The van der Waals surface area contributed by atoms with Crippen molar-refractivity contribution in [3.8, 4) is 22.8 Å². The topological polar surface area (TPSA) is 119 Å². The summed E-state index contributed by atoms with van der Waals surface area (Å²) >= 11 is 1.38. The highest BCUT2D eigenvalue weighted by Gasteiger charge is 2.19. The van der Waals surface area contributed by atoms with E-state index in [0.717, 1.165) is 10.5 Å². The number of carbonyl (C=O) groups is 3. The lowest BCUT2D eigenvalue weighted by Gasteiger charge is -2.19. The molecule has 1 aromatic heterocycles. The Morgan fingerprint density at radius 3 is 2.17 bits per heavy atom. The first kappa shape index (κ1) is 31.3. The molecule has 0 radical (unpaired) electrons. The first-order chi connectivity index (χ1) is 22.9. The minimum absolute atomic E-state index is 0.00991. The van der Waals surface area contributed by atoms with Crippen LogP contribution in [0.2, 0.25) is 0 Å². The van der Waals surface area contributed by atoms with Crippen LogP contribution in [0.1, 0.15) is 23.0 Å². The summed E-state index contributed by atoms with van der Waals surface area (Å²) in [6.45, 7) is 2.78. The largest absolute Gasteiger partial charge is 0.486 e. The maximum atomic E-state index is 13.5. The number of benzene rings is 4. The van der Waals surface area contributed by atoms with Crippen LogP contribution in [0, 0.1) is 0 Å². The summed E-state index contributed by atoms with van der Waals surface area (Å²) in [4.78, 5) is 40.2. The summed E-state index contributed by atoms with van der Waals surface area (Å²) in [6.07, 6.45) is 1.49. The molecule has 0 spiro atoms. The fourth-order valence-electron chi connectivity index (χ4n) is 4.71. The number of thioether (sulfide) groups is 1. The molecule has 0 saturated carbocycles. The molecule has 1 unspecified atom stereocenters. The molecule has 47 heavy (non-hydrogen) atoms. The van der Waals surface area contributed by atoms with Crippen LogP contribution in [0.25, 0.3) is 17.4 Å². The molecule has 5 aromatic rings. The van der Waals surface area contributed by atoms with E-state index >= 15 is 0 Å². The summed E-state index contributed by atoms with van der Waals surface area (Å²) in [5, 5.41) is 8.09. The van der Waals surface area contributed by atoms with Crippen LogP contribution in [-0.2, 0) is 9.59 Å². The van der Waals surface area contributed by atoms with Crippen LogP contribution in [0.15, 0.2) is 130 Å². The Hall–Kier alpha value is -5.74. The number of nitrogens with one attached hydrogen (secondary N) is 3. The van der Waals surface area contributed by atoms with Gasteiger partial charge in [-0.15, -0.1) is 11.8 Å². The number of amides is 3. The quantitative estimate of drug-likeness (QED) is 0.108. The number of fused-ring (bicyclic) bond motifs is 1. The molecule has 4 aromatic carbocycles. The number of furan rings is 1. The van der Waals surface area contributed by atoms with E-state index in [0.29, 0.717) is 53.2 Å². The van der Waals surface area contributed by atoms with Crippen molar-refractivity contribution in [3.63, 3.8) is 0 Å². The average Bonchev–Trinajstić information content (AvgIpc) is 3.58. The zero-order valence-corrected chi connectivity index (χ0v) is 26.2. The Morgan fingerprint density at radius 1 is 0.745 bits per heavy atom. The minimum atomic E-state index is -0.528. The van der Waals surface area contributed by atoms with Gasteiger partial charge in [0.05, 0.1) is 5.25 Å². The maximum Gasteiger partial charge on any atom is 0.272 e. The van der Waals surface area contributed by atoms with E-state index < -0.39 is 17.1 Å². The zero-order chi connectivity index (χ0) is 32.6. The van der Waals surface area contributed by atoms with Gasteiger partial charge in [0.2, 0.25) is 5.91 Å². The molecule has 0 saturated heterocycles. The lowest BCUT2D eigenvalue weighted by atomic mass is 10.2. The van der Waals surface area contributed by atoms with Gasteiger partial charge in [-0.3, -0.25) is 14.4 Å². The van der Waals surface area contributed by atoms with Gasteiger partial charge in [0, 0.05) is 39.5 Å². The Bertz CT molecular complexity index is 1910. The molecular weight excluding hydrogens is 614 g/mol. The second kappa shape index (κ2) is 14.6. The monoisotopic (exact) mass is 645 g/mol. The average molecular weight is 646 g/mol. The predicted molar refractivity (Wildman–Crippen MR) is 182 cm³/mol. The number of carbonyl (C=O) groups excluding carboxylic acids is 3. The molecule has 236 valence electrons. The molecule has 10 heteroatoms. The van der Waals surface area contributed by atoms with Gasteiger partial charge >= 0.3 is 0 Å². The highest BCUT2D eigenvalue weighted by molar-refractivity contribution is 8.00. The lowest BCUT2D eigenvalue weighted by Crippen LogP contribution is -2.30. The smallest absolute Gasteiger partial charge is 0.272 e. The van der Waals surface area contributed by atoms with Gasteiger partial charge in [0.1, 0.15) is 30.4 Å². The Morgan fingerprint density at radius 2 is 1.43 bits per heavy atom. The van der Waals surface area contributed by atoms with E-state index in [9.17, 15) is 14.4 Å². The van der Waals surface area contributed by atoms with Gasteiger partial charge in [-0.1, -0.05) is 48.5 Å². The van der Waals surface area contributed by atoms with Crippen LogP contribution in [0.4, 0.5) is 11.4 Å². The summed E-state index contributed by atoms with van der Waals surface area (Å²) in [5.74, 6) is 1.16. The Balaban J connectivity index is 1.12. The first-order valence-corrected chi connectivity index (χ1v) is 15.8. The first-order valence-electron chi connectivity index (χ1n) is 14.9. The number of anilines is 2. The molecular formula is C37H31N3O6S. The predicted octanol–water partition coefficient (Wildman–Crippen LogP) is 7.25. The second-order valence-electron chi connectivity index (χ2n) is 10.5. The molecule has 6 rings (SSSR count). The van der Waals surface area contributed by atoms with Crippen molar-refractivity contribution in [1.29, 1.82) is 0 Å². The highest BCUT2D eigenvalue weighted by atomic mass is 32.2. The number of rotatable bonds is 10. The second-order valence-corrected chi connectivity index (χ2v) is 11.9. The van der Waals surface area contributed by atoms with Crippen LogP contribution < -0.4 is 25.4 Å². The molecule has 1 aliphatic heterocycles. The van der Waals surface area contributed by atoms with Gasteiger partial charge in [-0.2, -0.15) is 0 Å².